The highest BCUT2D eigenvalue weighted by atomic mass is 127. The van der Waals surface area contributed by atoms with E-state index >= 15 is 0 Å². The molecule has 0 radical (unpaired) electrons. The summed E-state index contributed by atoms with van der Waals surface area (Å²) in [5, 5.41) is 2.05. The fourth-order valence-corrected chi connectivity index (χ4v) is 1.21. The van der Waals surface area contributed by atoms with Crippen molar-refractivity contribution in [3.8, 4) is 0 Å². The van der Waals surface area contributed by atoms with Crippen LogP contribution in [0.3, 0.4) is 0 Å². The van der Waals surface area contributed by atoms with E-state index in [1.807, 2.05) is 0 Å². The smallest absolute Gasteiger partial charge is 0.327 e. The van der Waals surface area contributed by atoms with Gasteiger partial charge in [-0.2, -0.15) is 8.78 Å². The summed E-state index contributed by atoms with van der Waals surface area (Å²) in [6.45, 7) is 0.164. The van der Waals surface area contributed by atoms with E-state index in [9.17, 15) is 13.6 Å². The molecule has 1 rings (SSSR count). The molecule has 1 N–H and O–H groups in total. The lowest BCUT2D eigenvalue weighted by atomic mass is 10.1. The third kappa shape index (κ3) is 1.98. The fourth-order valence-electron chi connectivity index (χ4n) is 0.850. The number of halogens is 3. The molecule has 0 aromatic heterocycles. The fraction of sp³-hybridized carbons (Fsp3) is 0.800. The second-order valence-corrected chi connectivity index (χ2v) is 2.84. The first-order valence-electron chi connectivity index (χ1n) is 3.00. The van der Waals surface area contributed by atoms with Crippen LogP contribution in [0.25, 0.3) is 0 Å². The van der Waals surface area contributed by atoms with Gasteiger partial charge in [-0.05, 0) is 0 Å². The van der Waals surface area contributed by atoms with E-state index in [-0.39, 0.29) is 6.54 Å². The highest BCUT2D eigenvalue weighted by Crippen LogP contribution is 2.25. The van der Waals surface area contributed by atoms with Crippen molar-refractivity contribution in [3.05, 3.63) is 0 Å². The number of amides is 1. The van der Waals surface area contributed by atoms with Gasteiger partial charge in [-0.15, -0.1) is 0 Å². The number of alkyl halides is 2. The van der Waals surface area contributed by atoms with E-state index in [0.717, 1.165) is 0 Å². The molecule has 1 saturated heterocycles. The zero-order valence-corrected chi connectivity index (χ0v) is 7.60. The SMILES string of the molecule is O=C1NCC(OI)CC1(F)F. The lowest BCUT2D eigenvalue weighted by Crippen LogP contribution is -2.51. The Labute approximate surface area is 76.2 Å². The molecule has 0 spiro atoms. The molecule has 0 aliphatic carbocycles. The summed E-state index contributed by atoms with van der Waals surface area (Å²) in [6, 6.07) is 0. The molecule has 0 bridgehead atoms. The minimum Gasteiger partial charge on any atom is -0.348 e. The summed E-state index contributed by atoms with van der Waals surface area (Å²) < 4.78 is 29.7. The van der Waals surface area contributed by atoms with Gasteiger partial charge in [-0.1, -0.05) is 0 Å². The first-order chi connectivity index (χ1) is 5.06. The topological polar surface area (TPSA) is 38.3 Å². The van der Waals surface area contributed by atoms with Crippen molar-refractivity contribution in [2.75, 3.05) is 6.54 Å². The van der Waals surface area contributed by atoms with Gasteiger partial charge in [-0.25, -0.2) is 0 Å². The highest BCUT2D eigenvalue weighted by Gasteiger charge is 2.44. The van der Waals surface area contributed by atoms with Crippen LogP contribution < -0.4 is 5.32 Å². The quantitative estimate of drug-likeness (QED) is 0.722. The van der Waals surface area contributed by atoms with Crippen LogP contribution in [0.2, 0.25) is 0 Å². The van der Waals surface area contributed by atoms with E-state index in [1.54, 1.807) is 23.0 Å². The van der Waals surface area contributed by atoms with Gasteiger partial charge in [-0.3, -0.25) is 4.79 Å². The van der Waals surface area contributed by atoms with Crippen LogP contribution in [-0.4, -0.2) is 24.5 Å². The van der Waals surface area contributed by atoms with Crippen molar-refractivity contribution < 1.29 is 16.6 Å². The average Bonchev–Trinajstić information content (AvgIpc) is 1.95. The molecule has 6 heteroatoms. The van der Waals surface area contributed by atoms with Crippen molar-refractivity contribution in [1.82, 2.24) is 5.32 Å². The Kier molecular flexibility index (Phi) is 2.63. The summed E-state index contributed by atoms with van der Waals surface area (Å²) in [6.07, 6.45) is -1.11. The second-order valence-electron chi connectivity index (χ2n) is 2.33. The maximum absolute atomic E-state index is 12.5. The van der Waals surface area contributed by atoms with Crippen LogP contribution in [0, 0.1) is 0 Å². The van der Waals surface area contributed by atoms with Gasteiger partial charge >= 0.3 is 5.92 Å². The summed E-state index contributed by atoms with van der Waals surface area (Å²) >= 11 is 1.55. The molecule has 11 heavy (non-hydrogen) atoms. The van der Waals surface area contributed by atoms with Gasteiger partial charge < -0.3 is 8.38 Å². The Hall–Kier alpha value is 0.0200. The van der Waals surface area contributed by atoms with Gasteiger partial charge in [0, 0.05) is 13.0 Å². The van der Waals surface area contributed by atoms with E-state index < -0.39 is 24.4 Å². The number of rotatable bonds is 1. The van der Waals surface area contributed by atoms with Gasteiger partial charge in [0.1, 0.15) is 23.0 Å². The first kappa shape index (κ1) is 9.11. The predicted octanol–water partition coefficient (Wildman–Crippen LogP) is 0.877. The van der Waals surface area contributed by atoms with Crippen LogP contribution in [-0.2, 0) is 7.86 Å². The molecule has 1 heterocycles. The minimum absolute atomic E-state index is 0.164. The monoisotopic (exact) mass is 277 g/mol. The second kappa shape index (κ2) is 3.18. The van der Waals surface area contributed by atoms with Crippen LogP contribution in [0.1, 0.15) is 6.42 Å². The van der Waals surface area contributed by atoms with Gasteiger partial charge in [0.05, 0.1) is 6.10 Å². The maximum Gasteiger partial charge on any atom is 0.327 e. The van der Waals surface area contributed by atoms with E-state index in [0.29, 0.717) is 0 Å². The molecule has 1 amide bonds. The van der Waals surface area contributed by atoms with Crippen molar-refractivity contribution in [2.45, 2.75) is 18.4 Å². The number of piperidine rings is 1. The molecule has 64 valence electrons. The molecule has 0 aromatic carbocycles. The highest BCUT2D eigenvalue weighted by molar-refractivity contribution is 14.1. The third-order valence-corrected chi connectivity index (χ3v) is 2.15. The molecule has 1 aliphatic rings. The predicted molar refractivity (Wildman–Crippen MR) is 41.5 cm³/mol. The molecular formula is C5H6F2INO2. The Balaban J connectivity index is 2.59. The maximum atomic E-state index is 12.5. The van der Waals surface area contributed by atoms with Crippen molar-refractivity contribution in [3.63, 3.8) is 0 Å². The Morgan fingerprint density at radius 1 is 1.73 bits per heavy atom. The standard InChI is InChI=1S/C5H6F2INO2/c6-5(7)1-3(11-8)2-9-4(5)10/h3H,1-2H2,(H,9,10). The average molecular weight is 277 g/mol. The van der Waals surface area contributed by atoms with Crippen molar-refractivity contribution in [1.29, 1.82) is 0 Å². The normalized spacial score (nSPS) is 29.7. The Morgan fingerprint density at radius 2 is 2.36 bits per heavy atom. The summed E-state index contributed by atoms with van der Waals surface area (Å²) in [7, 11) is 0. The molecule has 0 saturated carbocycles. The lowest BCUT2D eigenvalue weighted by Gasteiger charge is -2.26. The molecule has 1 aliphatic heterocycles. The van der Waals surface area contributed by atoms with E-state index in [1.165, 1.54) is 0 Å². The number of carbonyl (C=O) groups is 1. The Morgan fingerprint density at radius 3 is 2.82 bits per heavy atom. The lowest BCUT2D eigenvalue weighted by molar-refractivity contribution is -0.153. The van der Waals surface area contributed by atoms with E-state index in [2.05, 4.69) is 8.38 Å². The summed E-state index contributed by atoms with van der Waals surface area (Å²) in [4.78, 5) is 10.5. The molecule has 1 fully saturated rings. The zero-order chi connectivity index (χ0) is 8.48. The largest absolute Gasteiger partial charge is 0.348 e. The molecule has 1 atom stereocenters. The number of nitrogens with one attached hydrogen (secondary N) is 1. The number of hydrogen-bond donors (Lipinski definition) is 1. The van der Waals surface area contributed by atoms with Crippen LogP contribution in [0.5, 0.6) is 0 Å². The molecular weight excluding hydrogens is 271 g/mol. The first-order valence-corrected chi connectivity index (χ1v) is 3.88. The van der Waals surface area contributed by atoms with Crippen LogP contribution in [0.15, 0.2) is 0 Å². The summed E-state index contributed by atoms with van der Waals surface area (Å²) in [5.41, 5.74) is 0. The van der Waals surface area contributed by atoms with Gasteiger partial charge in [0.25, 0.3) is 5.91 Å². The molecule has 3 nitrogen and oxygen atoms in total. The minimum atomic E-state index is -3.27. The zero-order valence-electron chi connectivity index (χ0n) is 5.44. The van der Waals surface area contributed by atoms with E-state index in [4.69, 9.17) is 0 Å². The van der Waals surface area contributed by atoms with Gasteiger partial charge in [0.15, 0.2) is 0 Å². The molecule has 1 unspecified atom stereocenters. The Bertz CT molecular complexity index is 176. The van der Waals surface area contributed by atoms with Crippen molar-refractivity contribution >= 4 is 28.9 Å². The van der Waals surface area contributed by atoms with Crippen molar-refractivity contribution in [2.24, 2.45) is 0 Å². The third-order valence-electron chi connectivity index (χ3n) is 1.43. The van der Waals surface area contributed by atoms with Gasteiger partial charge in [0.2, 0.25) is 0 Å². The number of carbonyl (C=O) groups excluding carboxylic acids is 1. The molecule has 0 aromatic rings. The number of hydrogen-bond acceptors (Lipinski definition) is 2. The van der Waals surface area contributed by atoms with Crippen LogP contribution >= 0.6 is 23.0 Å². The summed E-state index contributed by atoms with van der Waals surface area (Å²) in [5.74, 6) is -4.48. The van der Waals surface area contributed by atoms with Crippen LogP contribution in [0.4, 0.5) is 8.78 Å².